The molecule has 0 fully saturated rings. The van der Waals surface area contributed by atoms with Gasteiger partial charge in [-0.1, -0.05) is 83.3 Å². The largest absolute Gasteiger partial charge is 0.378 e. The molecule has 0 unspecified atom stereocenters. The normalized spacial score (nSPS) is 11.1. The lowest BCUT2D eigenvalue weighted by atomic mass is 10.1. The van der Waals surface area contributed by atoms with Gasteiger partial charge in [0.15, 0.2) is 0 Å². The number of carbonyl (C=O) groups excluding carboxylic acids is 1. The highest BCUT2D eigenvalue weighted by Crippen LogP contribution is 2.12. The number of anilines is 1. The Morgan fingerprint density at radius 1 is 0.889 bits per heavy atom. The van der Waals surface area contributed by atoms with Crippen LogP contribution in [0.15, 0.2) is 29.4 Å². The molecule has 0 saturated heterocycles. The van der Waals surface area contributed by atoms with Crippen LogP contribution in [0.1, 0.15) is 89.5 Å². The third-order valence-electron chi connectivity index (χ3n) is 4.82. The Morgan fingerprint density at radius 3 is 1.93 bits per heavy atom. The van der Waals surface area contributed by atoms with Gasteiger partial charge in [0, 0.05) is 26.2 Å². The molecule has 0 aliphatic heterocycles. The second kappa shape index (κ2) is 15.2. The van der Waals surface area contributed by atoms with E-state index in [9.17, 15) is 4.79 Å². The first-order valence-electron chi connectivity index (χ1n) is 10.7. The minimum Gasteiger partial charge on any atom is -0.378 e. The molecule has 0 spiro atoms. The molecular weight excluding hydrogens is 334 g/mol. The van der Waals surface area contributed by atoms with Crippen molar-refractivity contribution in [3.8, 4) is 0 Å². The van der Waals surface area contributed by atoms with Crippen molar-refractivity contribution in [2.24, 2.45) is 5.10 Å². The number of carbonyl (C=O) groups is 1. The summed E-state index contributed by atoms with van der Waals surface area (Å²) >= 11 is 0. The Labute approximate surface area is 166 Å². The zero-order chi connectivity index (χ0) is 19.7. The predicted octanol–water partition coefficient (Wildman–Crippen LogP) is 5.90. The van der Waals surface area contributed by atoms with Gasteiger partial charge in [-0.05, 0) is 24.1 Å². The summed E-state index contributed by atoms with van der Waals surface area (Å²) in [4.78, 5) is 13.9. The number of nitrogens with zero attached hydrogens (tertiary/aromatic N) is 2. The minimum atomic E-state index is 0.00656. The van der Waals surface area contributed by atoms with Crippen LogP contribution in [0.4, 0.5) is 5.69 Å². The van der Waals surface area contributed by atoms with Crippen LogP contribution in [-0.4, -0.2) is 26.2 Å². The average Bonchev–Trinajstić information content (AvgIpc) is 2.66. The molecule has 152 valence electrons. The van der Waals surface area contributed by atoms with E-state index in [1.54, 1.807) is 6.21 Å². The fraction of sp³-hybridized carbons (Fsp3) is 0.652. The van der Waals surface area contributed by atoms with Crippen molar-refractivity contribution in [3.05, 3.63) is 29.8 Å². The summed E-state index contributed by atoms with van der Waals surface area (Å²) in [6, 6.07) is 8.06. The van der Waals surface area contributed by atoms with Crippen LogP contribution in [0.2, 0.25) is 0 Å². The van der Waals surface area contributed by atoms with E-state index >= 15 is 0 Å². The van der Waals surface area contributed by atoms with Crippen molar-refractivity contribution in [2.45, 2.75) is 84.0 Å². The Hall–Kier alpha value is -1.84. The fourth-order valence-corrected chi connectivity index (χ4v) is 3.04. The van der Waals surface area contributed by atoms with Crippen LogP contribution in [0.25, 0.3) is 0 Å². The maximum absolute atomic E-state index is 11.8. The van der Waals surface area contributed by atoms with Crippen molar-refractivity contribution >= 4 is 17.8 Å². The first-order valence-corrected chi connectivity index (χ1v) is 10.7. The first-order chi connectivity index (χ1) is 13.1. The van der Waals surface area contributed by atoms with E-state index in [1.165, 1.54) is 57.8 Å². The van der Waals surface area contributed by atoms with E-state index in [4.69, 9.17) is 0 Å². The zero-order valence-corrected chi connectivity index (χ0v) is 17.7. The average molecular weight is 374 g/mol. The van der Waals surface area contributed by atoms with Gasteiger partial charge in [-0.3, -0.25) is 4.79 Å². The number of hydrogen-bond acceptors (Lipinski definition) is 3. The van der Waals surface area contributed by atoms with Gasteiger partial charge >= 0.3 is 0 Å². The van der Waals surface area contributed by atoms with Crippen LogP contribution in [0.5, 0.6) is 0 Å². The monoisotopic (exact) mass is 373 g/mol. The Morgan fingerprint density at radius 2 is 1.41 bits per heavy atom. The summed E-state index contributed by atoms with van der Waals surface area (Å²) in [5.41, 5.74) is 4.75. The number of benzene rings is 1. The van der Waals surface area contributed by atoms with Gasteiger partial charge < -0.3 is 4.90 Å². The molecule has 0 atom stereocenters. The van der Waals surface area contributed by atoms with Crippen molar-refractivity contribution in [2.75, 3.05) is 19.0 Å². The van der Waals surface area contributed by atoms with Crippen LogP contribution in [-0.2, 0) is 4.79 Å². The molecule has 0 aromatic heterocycles. The van der Waals surface area contributed by atoms with Gasteiger partial charge in [0.05, 0.1) is 6.21 Å². The number of amides is 1. The van der Waals surface area contributed by atoms with Gasteiger partial charge in [0.2, 0.25) is 5.91 Å². The molecule has 4 heteroatoms. The Bertz CT molecular complexity index is 523. The standard InChI is InChI=1S/C23H39N3O/c1-4-5-6-7-8-9-10-11-12-13-14-15-23(27)25-24-20-21-16-18-22(19-17-21)26(2)3/h16-20H,4-15H2,1-3H3,(H,25,27). The lowest BCUT2D eigenvalue weighted by Gasteiger charge is -2.11. The van der Waals surface area contributed by atoms with E-state index in [0.717, 1.165) is 24.1 Å². The van der Waals surface area contributed by atoms with Gasteiger partial charge in [-0.15, -0.1) is 0 Å². The van der Waals surface area contributed by atoms with E-state index in [-0.39, 0.29) is 5.91 Å². The Kier molecular flexibility index (Phi) is 13.1. The molecule has 4 nitrogen and oxygen atoms in total. The molecule has 0 heterocycles. The second-order valence-electron chi connectivity index (χ2n) is 7.56. The van der Waals surface area contributed by atoms with Crippen LogP contribution >= 0.6 is 0 Å². The Balaban J connectivity index is 1.99. The lowest BCUT2D eigenvalue weighted by Crippen LogP contribution is -2.16. The van der Waals surface area contributed by atoms with Crippen molar-refractivity contribution in [3.63, 3.8) is 0 Å². The second-order valence-corrected chi connectivity index (χ2v) is 7.56. The molecule has 1 amide bonds. The molecule has 0 aliphatic carbocycles. The molecule has 0 bridgehead atoms. The highest BCUT2D eigenvalue weighted by molar-refractivity contribution is 5.82. The maximum Gasteiger partial charge on any atom is 0.240 e. The summed E-state index contributed by atoms with van der Waals surface area (Å²) < 4.78 is 0. The topological polar surface area (TPSA) is 44.7 Å². The van der Waals surface area contributed by atoms with Gasteiger partial charge in [-0.25, -0.2) is 5.43 Å². The molecule has 1 N–H and O–H groups in total. The molecule has 0 radical (unpaired) electrons. The molecule has 1 aromatic carbocycles. The third kappa shape index (κ3) is 12.2. The molecular formula is C23H39N3O. The van der Waals surface area contributed by atoms with E-state index in [1.807, 2.05) is 38.4 Å². The molecule has 27 heavy (non-hydrogen) atoms. The van der Waals surface area contributed by atoms with Gasteiger partial charge in [-0.2, -0.15) is 5.10 Å². The summed E-state index contributed by atoms with van der Waals surface area (Å²) in [5.74, 6) is 0.00656. The van der Waals surface area contributed by atoms with E-state index in [2.05, 4.69) is 22.4 Å². The number of rotatable bonds is 15. The van der Waals surface area contributed by atoms with Crippen molar-refractivity contribution < 1.29 is 4.79 Å². The van der Waals surface area contributed by atoms with Gasteiger partial charge in [0.25, 0.3) is 0 Å². The van der Waals surface area contributed by atoms with Crippen LogP contribution in [0, 0.1) is 0 Å². The van der Waals surface area contributed by atoms with Crippen molar-refractivity contribution in [1.29, 1.82) is 0 Å². The van der Waals surface area contributed by atoms with Crippen LogP contribution in [0.3, 0.4) is 0 Å². The predicted molar refractivity (Wildman–Crippen MR) is 118 cm³/mol. The smallest absolute Gasteiger partial charge is 0.240 e. The minimum absolute atomic E-state index is 0.00656. The van der Waals surface area contributed by atoms with E-state index < -0.39 is 0 Å². The third-order valence-corrected chi connectivity index (χ3v) is 4.82. The highest BCUT2D eigenvalue weighted by atomic mass is 16.2. The molecule has 1 aromatic rings. The summed E-state index contributed by atoms with van der Waals surface area (Å²) in [7, 11) is 4.02. The highest BCUT2D eigenvalue weighted by Gasteiger charge is 2.00. The lowest BCUT2D eigenvalue weighted by molar-refractivity contribution is -0.121. The van der Waals surface area contributed by atoms with E-state index in [0.29, 0.717) is 6.42 Å². The number of hydrogen-bond donors (Lipinski definition) is 1. The number of nitrogens with one attached hydrogen (secondary N) is 1. The van der Waals surface area contributed by atoms with Gasteiger partial charge in [0.1, 0.15) is 0 Å². The fourth-order valence-electron chi connectivity index (χ4n) is 3.04. The zero-order valence-electron chi connectivity index (χ0n) is 17.7. The summed E-state index contributed by atoms with van der Waals surface area (Å²) in [6.45, 7) is 2.26. The summed E-state index contributed by atoms with van der Waals surface area (Å²) in [5, 5.41) is 4.05. The molecule has 0 saturated carbocycles. The number of unbranched alkanes of at least 4 members (excludes halogenated alkanes) is 10. The SMILES string of the molecule is CCCCCCCCCCCCCC(=O)NN=Cc1ccc(N(C)C)cc1. The molecule has 0 aliphatic rings. The quantitative estimate of drug-likeness (QED) is 0.236. The number of hydrazone groups is 1. The molecule has 1 rings (SSSR count). The maximum atomic E-state index is 11.8. The first kappa shape index (κ1) is 23.2. The van der Waals surface area contributed by atoms with Crippen LogP contribution < -0.4 is 10.3 Å². The summed E-state index contributed by atoms with van der Waals surface area (Å²) in [6.07, 6.45) is 16.5. The van der Waals surface area contributed by atoms with Crippen molar-refractivity contribution in [1.82, 2.24) is 5.43 Å².